The van der Waals surface area contributed by atoms with Crippen molar-refractivity contribution >= 4 is 15.9 Å². The summed E-state index contributed by atoms with van der Waals surface area (Å²) in [5.41, 5.74) is 0.0455. The molecule has 0 saturated carbocycles. The molecule has 1 aromatic rings. The van der Waals surface area contributed by atoms with E-state index in [4.69, 9.17) is 14.6 Å². The predicted molar refractivity (Wildman–Crippen MR) is 97.8 cm³/mol. The smallest absolute Gasteiger partial charge is 0.256 e. The highest BCUT2D eigenvalue weighted by atomic mass is 32.2. The number of hydrogen-bond acceptors (Lipinski definition) is 6. The van der Waals surface area contributed by atoms with Crippen LogP contribution in [-0.4, -0.2) is 52.7 Å². The fraction of sp³-hybridized carbons (Fsp3) is 0.471. The predicted octanol–water partition coefficient (Wildman–Crippen LogP) is 1.08. The topological polar surface area (TPSA) is 111 Å². The van der Waals surface area contributed by atoms with Gasteiger partial charge in [0.2, 0.25) is 10.0 Å². The molecule has 1 atom stereocenters. The number of nitrogens with one attached hydrogen (secondary N) is 1. The second-order valence-corrected chi connectivity index (χ2v) is 7.57. The van der Waals surface area contributed by atoms with E-state index in [1.807, 2.05) is 0 Å². The number of carbonyl (C=O) groups is 1. The molecule has 9 heteroatoms. The number of rotatable bonds is 8. The highest BCUT2D eigenvalue weighted by molar-refractivity contribution is 7.89. The first-order valence-electron chi connectivity index (χ1n) is 8.26. The molecule has 26 heavy (non-hydrogen) atoms. The summed E-state index contributed by atoms with van der Waals surface area (Å²) in [5.74, 6) is -0.203. The van der Waals surface area contributed by atoms with Gasteiger partial charge in [0, 0.05) is 19.2 Å². The van der Waals surface area contributed by atoms with Crippen molar-refractivity contribution in [3.63, 3.8) is 0 Å². The summed E-state index contributed by atoms with van der Waals surface area (Å²) >= 11 is 0. The highest BCUT2D eigenvalue weighted by Gasteiger charge is 2.26. The van der Waals surface area contributed by atoms with E-state index < -0.39 is 15.9 Å². The number of hydrogen-bond donors (Lipinski definition) is 2. The Morgan fingerprint density at radius 3 is 2.50 bits per heavy atom. The van der Waals surface area contributed by atoms with Crippen LogP contribution >= 0.6 is 0 Å². The number of likely N-dealkylation sites (tertiary alicyclic amines) is 1. The van der Waals surface area contributed by atoms with Gasteiger partial charge in [-0.05, 0) is 25.3 Å². The van der Waals surface area contributed by atoms with Crippen LogP contribution in [0, 0.1) is 0 Å². The van der Waals surface area contributed by atoms with Crippen LogP contribution in [0.15, 0.2) is 29.7 Å². The van der Waals surface area contributed by atoms with Crippen LogP contribution in [0.5, 0.6) is 11.5 Å². The third kappa shape index (κ3) is 4.54. The fourth-order valence-electron chi connectivity index (χ4n) is 3.01. The normalized spacial score (nSPS) is 16.1. The lowest BCUT2D eigenvalue weighted by Crippen LogP contribution is -2.46. The SMILES string of the molecule is C=CCC(NC(=O)c1cc(S(N)(=O)=O)cc(OC)c1OC)N1CCCC1. The molecule has 0 bridgehead atoms. The molecule has 0 aromatic heterocycles. The third-order valence-corrected chi connectivity index (χ3v) is 5.19. The molecule has 0 radical (unpaired) electrons. The minimum atomic E-state index is -4.01. The lowest BCUT2D eigenvalue weighted by molar-refractivity contribution is 0.0870. The summed E-state index contributed by atoms with van der Waals surface area (Å²) in [6.45, 7) is 5.51. The van der Waals surface area contributed by atoms with Gasteiger partial charge in [0.1, 0.15) is 0 Å². The number of sulfonamides is 1. The van der Waals surface area contributed by atoms with Crippen LogP contribution < -0.4 is 19.9 Å². The fourth-order valence-corrected chi connectivity index (χ4v) is 3.56. The van der Waals surface area contributed by atoms with Gasteiger partial charge >= 0.3 is 0 Å². The average molecular weight is 383 g/mol. The van der Waals surface area contributed by atoms with Gasteiger partial charge in [0.25, 0.3) is 5.91 Å². The molecule has 3 N–H and O–H groups in total. The van der Waals surface area contributed by atoms with Crippen molar-refractivity contribution in [2.45, 2.75) is 30.3 Å². The number of amides is 1. The van der Waals surface area contributed by atoms with E-state index in [0.29, 0.717) is 6.42 Å². The molecule has 144 valence electrons. The first-order chi connectivity index (χ1) is 12.3. The Kier molecular flexibility index (Phi) is 6.63. The van der Waals surface area contributed by atoms with E-state index in [-0.39, 0.29) is 28.1 Å². The molecule has 1 unspecified atom stereocenters. The summed E-state index contributed by atoms with van der Waals surface area (Å²) in [5, 5.41) is 8.14. The largest absolute Gasteiger partial charge is 0.493 e. The number of benzene rings is 1. The van der Waals surface area contributed by atoms with Gasteiger partial charge in [0.05, 0.1) is 30.8 Å². The van der Waals surface area contributed by atoms with Crippen molar-refractivity contribution in [1.82, 2.24) is 10.2 Å². The molecule has 1 amide bonds. The molecule has 2 rings (SSSR count). The number of methoxy groups -OCH3 is 2. The van der Waals surface area contributed by atoms with E-state index in [2.05, 4.69) is 16.8 Å². The standard InChI is InChI=1S/C17H25N3O5S/c1-4-7-15(20-8-5-6-9-20)19-17(21)13-10-12(26(18,22)23)11-14(24-2)16(13)25-3/h4,10-11,15H,1,5-9H2,2-3H3,(H,19,21)(H2,18,22,23). The van der Waals surface area contributed by atoms with Crippen LogP contribution in [0.3, 0.4) is 0 Å². The summed E-state index contributed by atoms with van der Waals surface area (Å²) in [6.07, 6.45) is 4.22. The van der Waals surface area contributed by atoms with Crippen molar-refractivity contribution in [3.8, 4) is 11.5 Å². The second-order valence-electron chi connectivity index (χ2n) is 6.01. The average Bonchev–Trinajstić information content (AvgIpc) is 3.13. The Morgan fingerprint density at radius 1 is 1.35 bits per heavy atom. The maximum Gasteiger partial charge on any atom is 0.256 e. The van der Waals surface area contributed by atoms with Crippen LogP contribution in [0.2, 0.25) is 0 Å². The van der Waals surface area contributed by atoms with Gasteiger partial charge in [-0.1, -0.05) is 6.08 Å². The summed E-state index contributed by atoms with van der Waals surface area (Å²) < 4.78 is 33.9. The van der Waals surface area contributed by atoms with Gasteiger partial charge < -0.3 is 14.8 Å². The molecule has 0 spiro atoms. The van der Waals surface area contributed by atoms with Gasteiger partial charge in [-0.15, -0.1) is 6.58 Å². The van der Waals surface area contributed by atoms with Crippen molar-refractivity contribution in [1.29, 1.82) is 0 Å². The van der Waals surface area contributed by atoms with Gasteiger partial charge in [-0.3, -0.25) is 9.69 Å². The first kappa shape index (κ1) is 20.2. The van der Waals surface area contributed by atoms with E-state index in [9.17, 15) is 13.2 Å². The van der Waals surface area contributed by atoms with Crippen molar-refractivity contribution in [3.05, 3.63) is 30.4 Å². The van der Waals surface area contributed by atoms with Gasteiger partial charge in [-0.2, -0.15) is 0 Å². The Morgan fingerprint density at radius 2 is 2.00 bits per heavy atom. The van der Waals surface area contributed by atoms with Gasteiger partial charge in [0.15, 0.2) is 11.5 Å². The Labute approximate surface area is 154 Å². The number of carbonyl (C=O) groups excluding carboxylic acids is 1. The molecule has 1 aliphatic heterocycles. The third-order valence-electron chi connectivity index (χ3n) is 4.29. The van der Waals surface area contributed by atoms with Crippen molar-refractivity contribution in [2.75, 3.05) is 27.3 Å². The molecule has 0 aliphatic carbocycles. The minimum Gasteiger partial charge on any atom is -0.493 e. The zero-order chi connectivity index (χ0) is 19.3. The zero-order valence-electron chi connectivity index (χ0n) is 15.0. The molecule has 8 nitrogen and oxygen atoms in total. The lowest BCUT2D eigenvalue weighted by Gasteiger charge is -2.28. The van der Waals surface area contributed by atoms with Crippen LogP contribution in [0.25, 0.3) is 0 Å². The van der Waals surface area contributed by atoms with Crippen LogP contribution in [0.4, 0.5) is 0 Å². The quantitative estimate of drug-likeness (QED) is 0.650. The molecule has 1 saturated heterocycles. The van der Waals surface area contributed by atoms with E-state index in [0.717, 1.165) is 25.9 Å². The number of nitrogens with two attached hydrogens (primary N) is 1. The minimum absolute atomic E-state index is 0.0455. The molecule has 1 aromatic carbocycles. The number of ether oxygens (including phenoxy) is 2. The Bertz CT molecular complexity index is 773. The summed E-state index contributed by atoms with van der Waals surface area (Å²) in [7, 11) is -1.27. The lowest BCUT2D eigenvalue weighted by atomic mass is 10.1. The van der Waals surface area contributed by atoms with Crippen LogP contribution in [-0.2, 0) is 10.0 Å². The summed E-state index contributed by atoms with van der Waals surface area (Å²) in [6, 6.07) is 2.42. The monoisotopic (exact) mass is 383 g/mol. The van der Waals surface area contributed by atoms with Crippen molar-refractivity contribution < 1.29 is 22.7 Å². The molecule has 1 aliphatic rings. The van der Waals surface area contributed by atoms with E-state index >= 15 is 0 Å². The molecule has 1 heterocycles. The van der Waals surface area contributed by atoms with Crippen molar-refractivity contribution in [2.24, 2.45) is 5.14 Å². The number of nitrogens with zero attached hydrogens (tertiary/aromatic N) is 1. The van der Waals surface area contributed by atoms with Crippen LogP contribution in [0.1, 0.15) is 29.6 Å². The molecular weight excluding hydrogens is 358 g/mol. The first-order valence-corrected chi connectivity index (χ1v) is 9.81. The molecular formula is C17H25N3O5S. The zero-order valence-corrected chi connectivity index (χ0v) is 15.8. The summed E-state index contributed by atoms with van der Waals surface area (Å²) in [4.78, 5) is 14.8. The van der Waals surface area contributed by atoms with E-state index in [1.165, 1.54) is 26.4 Å². The molecule has 1 fully saturated rings. The van der Waals surface area contributed by atoms with Gasteiger partial charge in [-0.25, -0.2) is 13.6 Å². The maximum atomic E-state index is 12.9. The van der Waals surface area contributed by atoms with E-state index in [1.54, 1.807) is 6.08 Å². The highest BCUT2D eigenvalue weighted by Crippen LogP contribution is 2.34. The Hall–Kier alpha value is -2.10. The number of primary sulfonamides is 1. The maximum absolute atomic E-state index is 12.9. The Balaban J connectivity index is 2.40. The second kappa shape index (κ2) is 8.52.